The van der Waals surface area contributed by atoms with Crippen LogP contribution in [0.3, 0.4) is 0 Å². The van der Waals surface area contributed by atoms with Gasteiger partial charge in [0.25, 0.3) is 5.91 Å². The summed E-state index contributed by atoms with van der Waals surface area (Å²) in [5.41, 5.74) is 2.21. The zero-order chi connectivity index (χ0) is 16.2. The number of anilines is 1. The van der Waals surface area contributed by atoms with E-state index in [1.807, 2.05) is 30.3 Å². The van der Waals surface area contributed by atoms with Gasteiger partial charge < -0.3 is 20.3 Å². The molecule has 1 fully saturated rings. The van der Waals surface area contributed by atoms with Crippen LogP contribution < -0.4 is 5.32 Å². The summed E-state index contributed by atoms with van der Waals surface area (Å²) in [6.07, 6.45) is -0.957. The van der Waals surface area contributed by atoms with Crippen molar-refractivity contribution in [2.45, 2.75) is 24.7 Å². The second-order valence-corrected chi connectivity index (χ2v) is 5.59. The number of hydrogen-bond donors (Lipinski definition) is 3. The average Bonchev–Trinajstić information content (AvgIpc) is 2.97. The van der Waals surface area contributed by atoms with Gasteiger partial charge in [0.2, 0.25) is 0 Å². The Kier molecular flexibility index (Phi) is 4.71. The van der Waals surface area contributed by atoms with Gasteiger partial charge in [-0.05, 0) is 29.8 Å². The fourth-order valence-corrected chi connectivity index (χ4v) is 2.68. The van der Waals surface area contributed by atoms with E-state index in [9.17, 15) is 9.90 Å². The fourth-order valence-electron chi connectivity index (χ4n) is 2.68. The van der Waals surface area contributed by atoms with Gasteiger partial charge in [0.05, 0.1) is 18.8 Å². The monoisotopic (exact) mass is 313 g/mol. The van der Waals surface area contributed by atoms with E-state index < -0.39 is 12.2 Å². The van der Waals surface area contributed by atoms with Gasteiger partial charge in [-0.2, -0.15) is 0 Å². The predicted octanol–water partition coefficient (Wildman–Crippen LogP) is 2.12. The van der Waals surface area contributed by atoms with Crippen LogP contribution >= 0.6 is 0 Å². The van der Waals surface area contributed by atoms with Crippen molar-refractivity contribution in [2.24, 2.45) is 0 Å². The van der Waals surface area contributed by atoms with Crippen molar-refractivity contribution >= 4 is 11.6 Å². The van der Waals surface area contributed by atoms with E-state index in [0.717, 1.165) is 5.56 Å². The van der Waals surface area contributed by atoms with Gasteiger partial charge in [0.1, 0.15) is 6.10 Å². The highest BCUT2D eigenvalue weighted by Gasteiger charge is 2.34. The molecule has 0 saturated carbocycles. The minimum Gasteiger partial charge on any atom is -0.394 e. The molecule has 3 rings (SSSR count). The van der Waals surface area contributed by atoms with Gasteiger partial charge in [-0.1, -0.05) is 30.3 Å². The maximum Gasteiger partial charge on any atom is 0.255 e. The van der Waals surface area contributed by atoms with Crippen molar-refractivity contribution in [3.8, 4) is 0 Å². The van der Waals surface area contributed by atoms with E-state index in [0.29, 0.717) is 17.7 Å². The van der Waals surface area contributed by atoms with E-state index in [2.05, 4.69) is 5.32 Å². The van der Waals surface area contributed by atoms with Crippen molar-refractivity contribution in [3.63, 3.8) is 0 Å². The first-order valence-electron chi connectivity index (χ1n) is 7.58. The summed E-state index contributed by atoms with van der Waals surface area (Å²) < 4.78 is 5.61. The second-order valence-electron chi connectivity index (χ2n) is 5.59. The first kappa shape index (κ1) is 15.7. The Morgan fingerprint density at radius 2 is 1.83 bits per heavy atom. The highest BCUT2D eigenvalue weighted by atomic mass is 16.5. The number of nitrogens with one attached hydrogen (secondary N) is 1. The highest BCUT2D eigenvalue weighted by molar-refractivity contribution is 6.04. The van der Waals surface area contributed by atoms with Crippen LogP contribution in [0.25, 0.3) is 0 Å². The molecule has 2 aromatic carbocycles. The van der Waals surface area contributed by atoms with E-state index >= 15 is 0 Å². The zero-order valence-corrected chi connectivity index (χ0v) is 12.6. The number of hydrogen-bond acceptors (Lipinski definition) is 4. The molecule has 1 heterocycles. The highest BCUT2D eigenvalue weighted by Crippen LogP contribution is 2.33. The fraction of sp³-hybridized carbons (Fsp3) is 0.278. The van der Waals surface area contributed by atoms with E-state index in [-0.39, 0.29) is 18.6 Å². The van der Waals surface area contributed by atoms with Gasteiger partial charge in [-0.15, -0.1) is 0 Å². The van der Waals surface area contributed by atoms with E-state index in [1.54, 1.807) is 24.3 Å². The molecule has 0 aliphatic carbocycles. The molecule has 2 aromatic rings. The third-order valence-corrected chi connectivity index (χ3v) is 3.98. The van der Waals surface area contributed by atoms with Crippen LogP contribution in [0.15, 0.2) is 54.6 Å². The Hall–Kier alpha value is -2.21. The minimum absolute atomic E-state index is 0.161. The number of benzene rings is 2. The Morgan fingerprint density at radius 3 is 2.43 bits per heavy atom. The van der Waals surface area contributed by atoms with E-state index in [4.69, 9.17) is 9.84 Å². The lowest BCUT2D eigenvalue weighted by Crippen LogP contribution is -2.24. The summed E-state index contributed by atoms with van der Waals surface area (Å²) in [6, 6.07) is 16.3. The third-order valence-electron chi connectivity index (χ3n) is 3.98. The Balaban J connectivity index is 1.65. The molecule has 1 saturated heterocycles. The third kappa shape index (κ3) is 3.59. The number of carbonyl (C=O) groups is 1. The van der Waals surface area contributed by atoms with Crippen molar-refractivity contribution in [3.05, 3.63) is 65.7 Å². The van der Waals surface area contributed by atoms with Crippen LogP contribution in [0.4, 0.5) is 5.69 Å². The molecule has 0 spiro atoms. The van der Waals surface area contributed by atoms with Gasteiger partial charge in [-0.25, -0.2) is 0 Å². The molecular formula is C18H19NO4. The average molecular weight is 313 g/mol. The molecule has 5 nitrogen and oxygen atoms in total. The number of ether oxygens (including phenoxy) is 1. The largest absolute Gasteiger partial charge is 0.394 e. The molecule has 1 amide bonds. The normalized spacial score (nSPS) is 23.7. The lowest BCUT2D eigenvalue weighted by molar-refractivity contribution is -0.0225. The van der Waals surface area contributed by atoms with Crippen LogP contribution in [-0.2, 0) is 4.74 Å². The predicted molar refractivity (Wildman–Crippen MR) is 86.2 cm³/mol. The van der Waals surface area contributed by atoms with Crippen LogP contribution in [0.5, 0.6) is 0 Å². The quantitative estimate of drug-likeness (QED) is 0.808. The molecule has 0 radical (unpaired) electrons. The molecule has 3 atom stereocenters. The lowest BCUT2D eigenvalue weighted by Gasteiger charge is -2.13. The van der Waals surface area contributed by atoms with Gasteiger partial charge in [-0.3, -0.25) is 4.79 Å². The molecule has 1 aliphatic heterocycles. The topological polar surface area (TPSA) is 78.8 Å². The maximum atomic E-state index is 12.1. The van der Waals surface area contributed by atoms with E-state index in [1.165, 1.54) is 0 Å². The van der Waals surface area contributed by atoms with Crippen molar-refractivity contribution in [1.29, 1.82) is 0 Å². The summed E-state index contributed by atoms with van der Waals surface area (Å²) in [4.78, 5) is 12.1. The molecule has 23 heavy (non-hydrogen) atoms. The molecule has 1 aliphatic rings. The minimum atomic E-state index is -0.651. The Labute approximate surface area is 134 Å². The molecule has 5 heteroatoms. The van der Waals surface area contributed by atoms with Gasteiger partial charge in [0.15, 0.2) is 0 Å². The van der Waals surface area contributed by atoms with Crippen molar-refractivity contribution in [2.75, 3.05) is 11.9 Å². The first-order valence-corrected chi connectivity index (χ1v) is 7.58. The van der Waals surface area contributed by atoms with Crippen LogP contribution in [0, 0.1) is 0 Å². The number of aliphatic hydroxyl groups is 2. The molecule has 0 aromatic heterocycles. The number of carbonyl (C=O) groups excluding carboxylic acids is 1. The molecule has 0 bridgehead atoms. The molecule has 120 valence electrons. The summed E-state index contributed by atoms with van der Waals surface area (Å²) in [5, 5.41) is 21.7. The second kappa shape index (κ2) is 6.91. The summed E-state index contributed by atoms with van der Waals surface area (Å²) in [5.74, 6) is -0.161. The number of rotatable bonds is 4. The number of amides is 1. The summed E-state index contributed by atoms with van der Waals surface area (Å²) in [7, 11) is 0. The standard InChI is InChI=1S/C18H19NO4/c20-11-17-15(21)10-16(23-17)12-6-8-14(9-7-12)19-18(22)13-4-2-1-3-5-13/h1-9,15-17,20-21H,10-11H2,(H,19,22)/t15-,16+,17+/m0/s1. The number of aliphatic hydroxyl groups excluding tert-OH is 2. The van der Waals surface area contributed by atoms with Crippen molar-refractivity contribution < 1.29 is 19.7 Å². The molecule has 3 N–H and O–H groups in total. The van der Waals surface area contributed by atoms with Gasteiger partial charge in [0, 0.05) is 17.7 Å². The van der Waals surface area contributed by atoms with Crippen LogP contribution in [0.2, 0.25) is 0 Å². The lowest BCUT2D eigenvalue weighted by atomic mass is 10.0. The van der Waals surface area contributed by atoms with Crippen molar-refractivity contribution in [1.82, 2.24) is 0 Å². The summed E-state index contributed by atoms with van der Waals surface area (Å²) >= 11 is 0. The maximum absolute atomic E-state index is 12.1. The SMILES string of the molecule is O=C(Nc1ccc([C@H]2C[C@H](O)[C@@H](CO)O2)cc1)c1ccccc1. The Bertz CT molecular complexity index is 656. The first-order chi connectivity index (χ1) is 11.2. The molecular weight excluding hydrogens is 294 g/mol. The molecule has 0 unspecified atom stereocenters. The smallest absolute Gasteiger partial charge is 0.255 e. The zero-order valence-electron chi connectivity index (χ0n) is 12.6. The van der Waals surface area contributed by atoms with Crippen LogP contribution in [0.1, 0.15) is 28.4 Å². The van der Waals surface area contributed by atoms with Gasteiger partial charge >= 0.3 is 0 Å². The Morgan fingerprint density at radius 1 is 1.13 bits per heavy atom. The summed E-state index contributed by atoms with van der Waals surface area (Å²) in [6.45, 7) is -0.192. The van der Waals surface area contributed by atoms with Crippen LogP contribution in [-0.4, -0.2) is 34.9 Å².